The number of rotatable bonds is 10. The molecule has 1 atom stereocenters. The summed E-state index contributed by atoms with van der Waals surface area (Å²) < 4.78 is 24.5. The van der Waals surface area contributed by atoms with Crippen LogP contribution < -0.4 is 5.32 Å². The highest BCUT2D eigenvalue weighted by Crippen LogP contribution is 2.21. The molecule has 0 spiro atoms. The third kappa shape index (κ3) is 6.33. The molecule has 0 aliphatic heterocycles. The summed E-state index contributed by atoms with van der Waals surface area (Å²) in [5.74, 6) is -0.741. The lowest BCUT2D eigenvalue weighted by Gasteiger charge is -2.13. The Labute approximate surface area is 165 Å². The van der Waals surface area contributed by atoms with E-state index in [-0.39, 0.29) is 28.0 Å². The molecule has 2 heterocycles. The first-order valence-electron chi connectivity index (χ1n) is 8.01. The van der Waals surface area contributed by atoms with E-state index in [1.807, 2.05) is 0 Å². The van der Waals surface area contributed by atoms with Crippen molar-refractivity contribution in [2.45, 2.75) is 25.6 Å². The second-order valence-corrected chi connectivity index (χ2v) is 10.1. The molecule has 0 saturated heterocycles. The molecule has 0 aliphatic carbocycles. The van der Waals surface area contributed by atoms with Crippen LogP contribution >= 0.6 is 23.1 Å². The quantitative estimate of drug-likeness (QED) is 0.572. The van der Waals surface area contributed by atoms with Crippen LogP contribution in [-0.2, 0) is 20.4 Å². The predicted molar refractivity (Wildman–Crippen MR) is 104 cm³/mol. The number of sulfone groups is 1. The molecule has 12 heteroatoms. The number of aromatic carboxylic acids is 1. The molecule has 2 N–H and O–H groups in total. The molecule has 0 saturated carbocycles. The van der Waals surface area contributed by atoms with Crippen LogP contribution in [0.1, 0.15) is 29.2 Å². The number of carboxylic acid groups (broad SMARTS) is 1. The molecule has 0 fully saturated rings. The van der Waals surface area contributed by atoms with Gasteiger partial charge in [0.2, 0.25) is 5.91 Å². The number of thiophene rings is 1. The average molecular weight is 433 g/mol. The lowest BCUT2D eigenvalue weighted by atomic mass is 10.4. The lowest BCUT2D eigenvalue weighted by molar-refractivity contribution is -0.119. The largest absolute Gasteiger partial charge is 0.477 e. The van der Waals surface area contributed by atoms with Crippen LogP contribution in [0.15, 0.2) is 17.6 Å². The number of carbonyl (C=O) groups is 2. The molecule has 0 aliphatic rings. The van der Waals surface area contributed by atoms with Crippen LogP contribution in [0.5, 0.6) is 0 Å². The monoisotopic (exact) mass is 432 g/mol. The minimum Gasteiger partial charge on any atom is -0.477 e. The van der Waals surface area contributed by atoms with Gasteiger partial charge in [-0.3, -0.25) is 4.79 Å². The first kappa shape index (κ1) is 21.4. The zero-order valence-corrected chi connectivity index (χ0v) is 17.2. The van der Waals surface area contributed by atoms with Crippen LogP contribution in [-0.4, -0.2) is 63.7 Å². The van der Waals surface area contributed by atoms with E-state index in [2.05, 4.69) is 15.6 Å². The van der Waals surface area contributed by atoms with Crippen molar-refractivity contribution in [2.24, 2.45) is 0 Å². The molecule has 0 radical (unpaired) electrons. The molecule has 1 unspecified atom stereocenters. The van der Waals surface area contributed by atoms with Gasteiger partial charge in [0.05, 0.1) is 29.1 Å². The van der Waals surface area contributed by atoms with E-state index < -0.39 is 21.8 Å². The van der Waals surface area contributed by atoms with E-state index in [4.69, 9.17) is 5.11 Å². The van der Waals surface area contributed by atoms with Crippen LogP contribution in [0.2, 0.25) is 0 Å². The molecule has 148 valence electrons. The van der Waals surface area contributed by atoms with E-state index in [0.717, 1.165) is 11.3 Å². The number of nitrogens with one attached hydrogen (secondary N) is 1. The van der Waals surface area contributed by atoms with Gasteiger partial charge in [-0.15, -0.1) is 28.2 Å². The fourth-order valence-corrected chi connectivity index (χ4v) is 4.74. The number of aromatic nitrogens is 3. The van der Waals surface area contributed by atoms with E-state index >= 15 is 0 Å². The van der Waals surface area contributed by atoms with Gasteiger partial charge >= 0.3 is 5.97 Å². The topological polar surface area (TPSA) is 131 Å². The van der Waals surface area contributed by atoms with Crippen LogP contribution in [0.4, 0.5) is 0 Å². The summed E-state index contributed by atoms with van der Waals surface area (Å²) in [6.45, 7) is 3.23. The average Bonchev–Trinajstić information content (AvgIpc) is 3.22. The molecule has 1 amide bonds. The number of hydrogen-bond acceptors (Lipinski definition) is 8. The van der Waals surface area contributed by atoms with Crippen molar-refractivity contribution < 1.29 is 23.1 Å². The molecule has 9 nitrogen and oxygen atoms in total. The first-order valence-corrected chi connectivity index (χ1v) is 11.9. The Balaban J connectivity index is 1.82. The standard InChI is InChI=1S/C15H20N4O5S3/c1-3-27(23,24)9-10(2)16-13(20)8-25-7-11-6-19(18-17-11)12-4-5-26-14(12)15(21)22/h4-6,10H,3,7-9H2,1-2H3,(H,16,20)(H,21,22). The Kier molecular flexibility index (Phi) is 7.39. The molecule has 0 bridgehead atoms. The minimum atomic E-state index is -3.14. The fraction of sp³-hybridized carbons (Fsp3) is 0.467. The maximum absolute atomic E-state index is 11.9. The predicted octanol–water partition coefficient (Wildman–Crippen LogP) is 1.20. The van der Waals surface area contributed by atoms with Crippen LogP contribution in [0.3, 0.4) is 0 Å². The Morgan fingerprint density at radius 2 is 2.19 bits per heavy atom. The summed E-state index contributed by atoms with van der Waals surface area (Å²) in [4.78, 5) is 23.2. The highest BCUT2D eigenvalue weighted by Gasteiger charge is 2.17. The van der Waals surface area contributed by atoms with Crippen molar-refractivity contribution in [3.8, 4) is 5.69 Å². The highest BCUT2D eigenvalue weighted by atomic mass is 32.2. The van der Waals surface area contributed by atoms with Crippen molar-refractivity contribution in [1.29, 1.82) is 0 Å². The molecule has 2 aromatic rings. The lowest BCUT2D eigenvalue weighted by Crippen LogP contribution is -2.38. The Hall–Kier alpha value is -1.92. The van der Waals surface area contributed by atoms with Gasteiger partial charge in [-0.05, 0) is 18.4 Å². The second kappa shape index (κ2) is 9.33. The number of hydrogen-bond donors (Lipinski definition) is 2. The summed E-state index contributed by atoms with van der Waals surface area (Å²) >= 11 is 2.42. The van der Waals surface area contributed by atoms with Gasteiger partial charge < -0.3 is 10.4 Å². The summed E-state index contributed by atoms with van der Waals surface area (Å²) in [6, 6.07) is 1.20. The maximum atomic E-state index is 11.9. The highest BCUT2D eigenvalue weighted by molar-refractivity contribution is 7.99. The third-order valence-electron chi connectivity index (χ3n) is 3.46. The van der Waals surface area contributed by atoms with Crippen molar-refractivity contribution >= 4 is 44.8 Å². The second-order valence-electron chi connectivity index (χ2n) is 5.75. The Morgan fingerprint density at radius 3 is 2.85 bits per heavy atom. The van der Waals surface area contributed by atoms with Gasteiger partial charge in [0.25, 0.3) is 0 Å². The van der Waals surface area contributed by atoms with E-state index in [0.29, 0.717) is 17.1 Å². The van der Waals surface area contributed by atoms with Crippen molar-refractivity contribution in [3.05, 3.63) is 28.2 Å². The number of carboxylic acids is 1. The van der Waals surface area contributed by atoms with E-state index in [1.54, 1.807) is 31.5 Å². The normalized spacial score (nSPS) is 12.7. The summed E-state index contributed by atoms with van der Waals surface area (Å²) in [5.41, 5.74) is 1.05. The Morgan fingerprint density at radius 1 is 1.44 bits per heavy atom. The summed E-state index contributed by atoms with van der Waals surface area (Å²) in [7, 11) is -3.14. The molecular formula is C15H20N4O5S3. The summed E-state index contributed by atoms with van der Waals surface area (Å²) in [6.07, 6.45) is 1.62. The number of carbonyl (C=O) groups excluding carboxylic acids is 1. The molecular weight excluding hydrogens is 412 g/mol. The van der Waals surface area contributed by atoms with Crippen LogP contribution in [0, 0.1) is 0 Å². The zero-order valence-electron chi connectivity index (χ0n) is 14.8. The smallest absolute Gasteiger partial charge is 0.348 e. The molecule has 27 heavy (non-hydrogen) atoms. The van der Waals surface area contributed by atoms with E-state index in [9.17, 15) is 18.0 Å². The number of thioether (sulfide) groups is 1. The minimum absolute atomic E-state index is 0.0470. The number of amides is 1. The molecule has 0 aromatic carbocycles. The zero-order chi connectivity index (χ0) is 20.0. The summed E-state index contributed by atoms with van der Waals surface area (Å²) in [5, 5.41) is 21.4. The van der Waals surface area contributed by atoms with E-state index in [1.165, 1.54) is 16.4 Å². The van der Waals surface area contributed by atoms with Crippen molar-refractivity contribution in [3.63, 3.8) is 0 Å². The Bertz CT molecular complexity index is 906. The van der Waals surface area contributed by atoms with Crippen molar-refractivity contribution in [2.75, 3.05) is 17.3 Å². The van der Waals surface area contributed by atoms with Gasteiger partial charge in [-0.25, -0.2) is 17.9 Å². The van der Waals surface area contributed by atoms with Gasteiger partial charge in [0.15, 0.2) is 9.84 Å². The first-order chi connectivity index (χ1) is 12.7. The number of nitrogens with zero attached hydrogens (tertiary/aromatic N) is 3. The molecule has 2 rings (SSSR count). The maximum Gasteiger partial charge on any atom is 0.348 e. The van der Waals surface area contributed by atoms with Gasteiger partial charge in [0, 0.05) is 17.5 Å². The van der Waals surface area contributed by atoms with Gasteiger partial charge in [0.1, 0.15) is 4.88 Å². The SMILES string of the molecule is CCS(=O)(=O)CC(C)NC(=O)CSCc1cn(-c2ccsc2C(=O)O)nn1. The third-order valence-corrected chi connectivity index (χ3v) is 7.21. The van der Waals surface area contributed by atoms with Gasteiger partial charge in [-0.2, -0.15) is 0 Å². The van der Waals surface area contributed by atoms with Crippen LogP contribution in [0.25, 0.3) is 5.69 Å². The molecule has 2 aromatic heterocycles. The fourth-order valence-electron chi connectivity index (χ4n) is 2.23. The van der Waals surface area contributed by atoms with Crippen molar-refractivity contribution in [1.82, 2.24) is 20.3 Å². The van der Waals surface area contributed by atoms with Gasteiger partial charge in [-0.1, -0.05) is 12.1 Å².